The van der Waals surface area contributed by atoms with Crippen LogP contribution in [0, 0.1) is 20.8 Å². The largest absolute Gasteiger partial charge is 0.467 e. The molecule has 3 aromatic rings. The molecule has 0 saturated heterocycles. The number of nitrogens with one attached hydrogen (secondary N) is 1. The molecule has 3 rings (SSSR count). The Bertz CT molecular complexity index is 1430. The molecule has 0 aromatic heterocycles. The molecule has 0 aliphatic heterocycles. The molecule has 1 N–H and O–H groups in total. The van der Waals surface area contributed by atoms with Gasteiger partial charge in [-0.25, -0.2) is 13.2 Å². The van der Waals surface area contributed by atoms with Crippen molar-refractivity contribution in [2.45, 2.75) is 53.2 Å². The fourth-order valence-corrected chi connectivity index (χ4v) is 5.06. The number of aryl methyl sites for hydroxylation is 1. The SMILES string of the molecule is COC(=O)[C@@H](OC(C)(C)C)c1c(C)c(NS(C)(=O)=O)c(/C=C/c2ccccc2)c(C)c1-c1ccc(C)cc1. The number of ether oxygens (including phenoxy) is 2. The molecule has 6 nitrogen and oxygen atoms in total. The fourth-order valence-electron chi connectivity index (χ4n) is 4.42. The molecule has 0 amide bonds. The van der Waals surface area contributed by atoms with Crippen molar-refractivity contribution in [2.75, 3.05) is 18.1 Å². The van der Waals surface area contributed by atoms with Crippen molar-refractivity contribution in [3.63, 3.8) is 0 Å². The standard InChI is InChI=1S/C31H37NO5S/c1-20-14-17-24(18-15-20)26-21(2)25(19-16-23-12-10-9-11-13-23)28(32-38(8,34)35)22(3)27(26)29(30(33)36-7)37-31(4,5)6/h9-19,29,32H,1-8H3/b19-16+/t29-/m0/s1. The zero-order chi connectivity index (χ0) is 28.3. The first-order chi connectivity index (χ1) is 17.7. The van der Waals surface area contributed by atoms with Crippen molar-refractivity contribution in [1.29, 1.82) is 0 Å². The van der Waals surface area contributed by atoms with Gasteiger partial charge >= 0.3 is 5.97 Å². The second kappa shape index (κ2) is 11.5. The van der Waals surface area contributed by atoms with Crippen molar-refractivity contribution in [2.24, 2.45) is 0 Å². The van der Waals surface area contributed by atoms with E-state index in [1.54, 1.807) is 0 Å². The van der Waals surface area contributed by atoms with E-state index in [-0.39, 0.29) is 0 Å². The molecule has 202 valence electrons. The van der Waals surface area contributed by atoms with Crippen molar-refractivity contribution in [3.8, 4) is 11.1 Å². The summed E-state index contributed by atoms with van der Waals surface area (Å²) in [4.78, 5) is 13.2. The van der Waals surface area contributed by atoms with Gasteiger partial charge in [-0.1, -0.05) is 72.3 Å². The molecule has 0 radical (unpaired) electrons. The summed E-state index contributed by atoms with van der Waals surface area (Å²) in [6, 6.07) is 17.8. The van der Waals surface area contributed by atoms with Gasteiger partial charge in [-0.2, -0.15) is 0 Å². The molecule has 0 unspecified atom stereocenters. The molecule has 38 heavy (non-hydrogen) atoms. The summed E-state index contributed by atoms with van der Waals surface area (Å²) >= 11 is 0. The van der Waals surface area contributed by atoms with Crippen LogP contribution in [-0.4, -0.2) is 33.4 Å². The van der Waals surface area contributed by atoms with Crippen molar-refractivity contribution >= 4 is 33.8 Å². The zero-order valence-corrected chi connectivity index (χ0v) is 24.2. The maximum atomic E-state index is 13.2. The third-order valence-corrected chi connectivity index (χ3v) is 6.69. The first kappa shape index (κ1) is 29.1. The minimum absolute atomic E-state index is 0.398. The van der Waals surface area contributed by atoms with Gasteiger partial charge in [0.2, 0.25) is 10.0 Å². The van der Waals surface area contributed by atoms with Crippen LogP contribution in [0.3, 0.4) is 0 Å². The minimum atomic E-state index is -3.65. The number of carbonyl (C=O) groups is 1. The topological polar surface area (TPSA) is 81.7 Å². The molecular weight excluding hydrogens is 498 g/mol. The van der Waals surface area contributed by atoms with Gasteiger partial charge < -0.3 is 9.47 Å². The van der Waals surface area contributed by atoms with E-state index >= 15 is 0 Å². The third kappa shape index (κ3) is 7.11. The molecule has 7 heteroatoms. The quantitative estimate of drug-likeness (QED) is 0.252. The van der Waals surface area contributed by atoms with Gasteiger partial charge in [0.25, 0.3) is 0 Å². The van der Waals surface area contributed by atoms with Crippen LogP contribution in [0.5, 0.6) is 0 Å². The number of hydrogen-bond acceptors (Lipinski definition) is 5. The van der Waals surface area contributed by atoms with Crippen LogP contribution in [0.25, 0.3) is 23.3 Å². The number of carbonyl (C=O) groups excluding carboxylic acids is 1. The van der Waals surface area contributed by atoms with E-state index in [0.717, 1.165) is 34.1 Å². The Morgan fingerprint density at radius 3 is 2.05 bits per heavy atom. The average Bonchev–Trinajstić information content (AvgIpc) is 2.84. The number of anilines is 1. The molecule has 0 spiro atoms. The van der Waals surface area contributed by atoms with Gasteiger partial charge in [0.1, 0.15) is 0 Å². The van der Waals surface area contributed by atoms with E-state index in [1.807, 2.05) is 108 Å². The predicted octanol–water partition coefficient (Wildman–Crippen LogP) is 6.85. The van der Waals surface area contributed by atoms with E-state index in [0.29, 0.717) is 22.4 Å². The molecule has 0 bridgehead atoms. The van der Waals surface area contributed by atoms with Crippen LogP contribution in [0.2, 0.25) is 0 Å². The van der Waals surface area contributed by atoms with Crippen LogP contribution in [0.15, 0.2) is 54.6 Å². The highest BCUT2D eigenvalue weighted by atomic mass is 32.2. The Morgan fingerprint density at radius 1 is 0.921 bits per heavy atom. The van der Waals surface area contributed by atoms with Gasteiger partial charge in [-0.05, 0) is 69.4 Å². The van der Waals surface area contributed by atoms with Crippen LogP contribution in [0.4, 0.5) is 5.69 Å². The maximum Gasteiger partial charge on any atom is 0.339 e. The van der Waals surface area contributed by atoms with Crippen LogP contribution >= 0.6 is 0 Å². The first-order valence-electron chi connectivity index (χ1n) is 12.4. The number of esters is 1. The van der Waals surface area contributed by atoms with Gasteiger partial charge in [-0.15, -0.1) is 0 Å². The van der Waals surface area contributed by atoms with Crippen LogP contribution < -0.4 is 4.72 Å². The summed E-state index contributed by atoms with van der Waals surface area (Å²) in [5, 5.41) is 0. The third-order valence-electron chi connectivity index (χ3n) is 6.12. The molecule has 0 saturated carbocycles. The highest BCUT2D eigenvalue weighted by Gasteiger charge is 2.34. The lowest BCUT2D eigenvalue weighted by atomic mass is 9.84. The molecule has 0 aliphatic rings. The molecule has 1 atom stereocenters. The van der Waals surface area contributed by atoms with E-state index in [1.165, 1.54) is 7.11 Å². The normalized spacial score (nSPS) is 12.9. The highest BCUT2D eigenvalue weighted by Crippen LogP contribution is 2.44. The van der Waals surface area contributed by atoms with E-state index in [2.05, 4.69) is 4.72 Å². The van der Waals surface area contributed by atoms with Gasteiger partial charge in [0.05, 0.1) is 24.7 Å². The molecule has 3 aromatic carbocycles. The summed E-state index contributed by atoms with van der Waals surface area (Å²) in [6.07, 6.45) is 3.88. The Hall–Kier alpha value is -3.42. The van der Waals surface area contributed by atoms with Crippen molar-refractivity contribution in [3.05, 3.63) is 88.0 Å². The number of benzene rings is 3. The van der Waals surface area contributed by atoms with E-state index in [4.69, 9.17) is 9.47 Å². The number of hydrogen-bond donors (Lipinski definition) is 1. The average molecular weight is 536 g/mol. The van der Waals surface area contributed by atoms with E-state index in [9.17, 15) is 13.2 Å². The lowest BCUT2D eigenvalue weighted by molar-refractivity contribution is -0.164. The Morgan fingerprint density at radius 2 is 1.53 bits per heavy atom. The Kier molecular flexibility index (Phi) is 8.85. The predicted molar refractivity (Wildman–Crippen MR) is 156 cm³/mol. The fraction of sp³-hybridized carbons (Fsp3) is 0.323. The van der Waals surface area contributed by atoms with E-state index < -0.39 is 27.7 Å². The lowest BCUT2D eigenvalue weighted by Gasteiger charge is -2.31. The van der Waals surface area contributed by atoms with Gasteiger partial charge in [0.15, 0.2) is 6.10 Å². The van der Waals surface area contributed by atoms with Gasteiger partial charge in [-0.3, -0.25) is 4.72 Å². The molecule has 0 aliphatic carbocycles. The Balaban J connectivity index is 2.47. The smallest absolute Gasteiger partial charge is 0.339 e. The van der Waals surface area contributed by atoms with Crippen molar-refractivity contribution in [1.82, 2.24) is 0 Å². The summed E-state index contributed by atoms with van der Waals surface area (Å²) in [5.41, 5.74) is 6.13. The molecular formula is C31H37NO5S. The monoisotopic (exact) mass is 535 g/mol. The second-order valence-electron chi connectivity index (χ2n) is 10.4. The number of rotatable bonds is 8. The van der Waals surface area contributed by atoms with Crippen LogP contribution in [-0.2, 0) is 24.3 Å². The van der Waals surface area contributed by atoms with Crippen molar-refractivity contribution < 1.29 is 22.7 Å². The first-order valence-corrected chi connectivity index (χ1v) is 14.3. The molecule has 0 fully saturated rings. The Labute approximate surface area is 226 Å². The molecule has 0 heterocycles. The summed E-state index contributed by atoms with van der Waals surface area (Å²) < 4.78 is 39.2. The number of sulfonamides is 1. The number of methoxy groups -OCH3 is 1. The minimum Gasteiger partial charge on any atom is -0.467 e. The summed E-state index contributed by atoms with van der Waals surface area (Å²) in [5.74, 6) is -0.561. The lowest BCUT2D eigenvalue weighted by Crippen LogP contribution is -2.29. The highest BCUT2D eigenvalue weighted by molar-refractivity contribution is 7.92. The summed E-state index contributed by atoms with van der Waals surface area (Å²) in [6.45, 7) is 11.3. The second-order valence-corrected chi connectivity index (χ2v) is 12.2. The maximum absolute atomic E-state index is 13.2. The van der Waals surface area contributed by atoms with Gasteiger partial charge in [0, 0.05) is 11.1 Å². The summed E-state index contributed by atoms with van der Waals surface area (Å²) in [7, 11) is -2.33. The van der Waals surface area contributed by atoms with Crippen LogP contribution in [0.1, 0.15) is 60.3 Å². The zero-order valence-electron chi connectivity index (χ0n) is 23.4.